The van der Waals surface area contributed by atoms with E-state index >= 15 is 0 Å². The molecule has 0 bridgehead atoms. The Morgan fingerprint density at radius 2 is 2.25 bits per heavy atom. The predicted octanol–water partition coefficient (Wildman–Crippen LogP) is 1.35. The molecule has 12 heavy (non-hydrogen) atoms. The number of carbonyl (C=O) groups is 1. The van der Waals surface area contributed by atoms with Gasteiger partial charge in [-0.05, 0) is 6.92 Å². The number of esters is 1. The Morgan fingerprint density at radius 1 is 1.58 bits per heavy atom. The zero-order valence-electron chi connectivity index (χ0n) is 7.38. The number of hydrogen-bond donors (Lipinski definition) is 0. The molecule has 1 heterocycles. The lowest BCUT2D eigenvalue weighted by Gasteiger charge is -1.97. The van der Waals surface area contributed by atoms with E-state index in [0.717, 1.165) is 5.69 Å². The van der Waals surface area contributed by atoms with Crippen LogP contribution in [0.3, 0.4) is 0 Å². The minimum absolute atomic E-state index is 0.169. The van der Waals surface area contributed by atoms with Gasteiger partial charge in [-0.15, -0.1) is 0 Å². The number of aryl methyl sites for hydroxylation is 2. The van der Waals surface area contributed by atoms with Crippen LogP contribution in [0.2, 0.25) is 0 Å². The SMILES string of the molecule is CC(=O)OCc1oc(C)nc1C. The standard InChI is InChI=1S/C8H11NO3/c1-5-8(4-11-7(3)10)12-6(2)9-5/h4H2,1-3H3. The van der Waals surface area contributed by atoms with Gasteiger partial charge in [0.2, 0.25) is 0 Å². The minimum atomic E-state index is -0.316. The zero-order valence-corrected chi connectivity index (χ0v) is 7.38. The van der Waals surface area contributed by atoms with Crippen LogP contribution in [0.15, 0.2) is 4.42 Å². The van der Waals surface area contributed by atoms with Crippen molar-refractivity contribution in [3.8, 4) is 0 Å². The summed E-state index contributed by atoms with van der Waals surface area (Å²) in [5.74, 6) is 0.890. The lowest BCUT2D eigenvalue weighted by atomic mass is 10.4. The largest absolute Gasteiger partial charge is 0.458 e. The summed E-state index contributed by atoms with van der Waals surface area (Å²) in [6.45, 7) is 5.10. The number of rotatable bonds is 2. The molecule has 4 heteroatoms. The molecule has 0 N–H and O–H groups in total. The molecule has 66 valence electrons. The fourth-order valence-corrected chi connectivity index (χ4v) is 0.875. The number of carbonyl (C=O) groups excluding carboxylic acids is 1. The van der Waals surface area contributed by atoms with E-state index in [9.17, 15) is 4.79 Å². The topological polar surface area (TPSA) is 52.3 Å². The lowest BCUT2D eigenvalue weighted by Crippen LogP contribution is -1.98. The molecular formula is C8H11NO3. The Hall–Kier alpha value is -1.32. The molecule has 1 aromatic heterocycles. The molecule has 0 aliphatic rings. The quantitative estimate of drug-likeness (QED) is 0.627. The van der Waals surface area contributed by atoms with Crippen LogP contribution < -0.4 is 0 Å². The van der Waals surface area contributed by atoms with E-state index in [1.54, 1.807) is 6.92 Å². The Kier molecular flexibility index (Phi) is 2.47. The third-order valence-corrected chi connectivity index (χ3v) is 1.41. The molecule has 0 radical (unpaired) electrons. The molecule has 0 fully saturated rings. The highest BCUT2D eigenvalue weighted by Crippen LogP contribution is 2.10. The fraction of sp³-hybridized carbons (Fsp3) is 0.500. The first-order valence-electron chi connectivity index (χ1n) is 3.66. The molecule has 0 aliphatic carbocycles. The fourth-order valence-electron chi connectivity index (χ4n) is 0.875. The van der Waals surface area contributed by atoms with Gasteiger partial charge in [-0.3, -0.25) is 4.79 Å². The van der Waals surface area contributed by atoms with Crippen molar-refractivity contribution in [2.75, 3.05) is 0 Å². The Labute approximate surface area is 70.5 Å². The van der Waals surface area contributed by atoms with Crippen LogP contribution in [0.5, 0.6) is 0 Å². The molecule has 1 rings (SSSR count). The predicted molar refractivity (Wildman–Crippen MR) is 41.4 cm³/mol. The second-order valence-electron chi connectivity index (χ2n) is 2.52. The highest BCUT2D eigenvalue weighted by Gasteiger charge is 2.07. The molecule has 0 amide bonds. The van der Waals surface area contributed by atoms with Gasteiger partial charge in [0.05, 0.1) is 5.69 Å². The van der Waals surface area contributed by atoms with Crippen LogP contribution >= 0.6 is 0 Å². The average molecular weight is 169 g/mol. The molecule has 0 saturated heterocycles. The number of ether oxygens (including phenoxy) is 1. The van der Waals surface area contributed by atoms with Crippen molar-refractivity contribution in [3.05, 3.63) is 17.3 Å². The normalized spacial score (nSPS) is 9.92. The molecular weight excluding hydrogens is 158 g/mol. The van der Waals surface area contributed by atoms with Crippen molar-refractivity contribution in [3.63, 3.8) is 0 Å². The van der Waals surface area contributed by atoms with Crippen LogP contribution in [-0.4, -0.2) is 11.0 Å². The summed E-state index contributed by atoms with van der Waals surface area (Å²) in [7, 11) is 0. The van der Waals surface area contributed by atoms with E-state index in [2.05, 4.69) is 4.98 Å². The van der Waals surface area contributed by atoms with Crippen molar-refractivity contribution in [2.45, 2.75) is 27.4 Å². The van der Waals surface area contributed by atoms with Crippen LogP contribution in [-0.2, 0) is 16.1 Å². The van der Waals surface area contributed by atoms with Crippen molar-refractivity contribution < 1.29 is 13.9 Å². The number of nitrogens with zero attached hydrogens (tertiary/aromatic N) is 1. The minimum Gasteiger partial charge on any atom is -0.458 e. The van der Waals surface area contributed by atoms with Crippen LogP contribution in [0.1, 0.15) is 24.3 Å². The van der Waals surface area contributed by atoms with Crippen molar-refractivity contribution in [1.29, 1.82) is 0 Å². The molecule has 0 unspecified atom stereocenters. The maximum atomic E-state index is 10.5. The second-order valence-corrected chi connectivity index (χ2v) is 2.52. The first kappa shape index (κ1) is 8.77. The van der Waals surface area contributed by atoms with Crippen LogP contribution in [0, 0.1) is 13.8 Å². The van der Waals surface area contributed by atoms with Gasteiger partial charge in [0, 0.05) is 13.8 Å². The monoisotopic (exact) mass is 169 g/mol. The number of oxazole rings is 1. The van der Waals surface area contributed by atoms with E-state index in [-0.39, 0.29) is 12.6 Å². The van der Waals surface area contributed by atoms with Crippen molar-refractivity contribution >= 4 is 5.97 Å². The number of hydrogen-bond acceptors (Lipinski definition) is 4. The Balaban J connectivity index is 2.62. The molecule has 0 atom stereocenters. The van der Waals surface area contributed by atoms with Gasteiger partial charge in [0.1, 0.15) is 0 Å². The number of aromatic nitrogens is 1. The molecule has 1 aromatic rings. The molecule has 0 spiro atoms. The van der Waals surface area contributed by atoms with Gasteiger partial charge in [-0.2, -0.15) is 0 Å². The zero-order chi connectivity index (χ0) is 9.14. The highest BCUT2D eigenvalue weighted by molar-refractivity contribution is 5.65. The van der Waals surface area contributed by atoms with E-state index in [0.29, 0.717) is 11.7 Å². The molecule has 4 nitrogen and oxygen atoms in total. The van der Waals surface area contributed by atoms with E-state index < -0.39 is 0 Å². The van der Waals surface area contributed by atoms with Gasteiger partial charge in [-0.25, -0.2) is 4.98 Å². The maximum absolute atomic E-state index is 10.5. The van der Waals surface area contributed by atoms with Crippen molar-refractivity contribution in [2.24, 2.45) is 0 Å². The maximum Gasteiger partial charge on any atom is 0.303 e. The van der Waals surface area contributed by atoms with Crippen LogP contribution in [0.25, 0.3) is 0 Å². The van der Waals surface area contributed by atoms with Crippen LogP contribution in [0.4, 0.5) is 0 Å². The second kappa shape index (κ2) is 3.38. The molecule has 0 aliphatic heterocycles. The Bertz CT molecular complexity index is 290. The van der Waals surface area contributed by atoms with Gasteiger partial charge < -0.3 is 9.15 Å². The van der Waals surface area contributed by atoms with E-state index in [1.807, 2.05) is 6.92 Å². The third-order valence-electron chi connectivity index (χ3n) is 1.41. The average Bonchev–Trinajstić information content (AvgIpc) is 2.26. The van der Waals surface area contributed by atoms with Gasteiger partial charge in [0.15, 0.2) is 18.3 Å². The molecule has 0 aromatic carbocycles. The third kappa shape index (κ3) is 2.08. The summed E-state index contributed by atoms with van der Waals surface area (Å²) < 4.78 is 9.93. The summed E-state index contributed by atoms with van der Waals surface area (Å²) in [6.07, 6.45) is 0. The van der Waals surface area contributed by atoms with Crippen molar-refractivity contribution in [1.82, 2.24) is 4.98 Å². The summed E-state index contributed by atoms with van der Waals surface area (Å²) in [4.78, 5) is 14.5. The lowest BCUT2D eigenvalue weighted by molar-refractivity contribution is -0.142. The summed E-state index contributed by atoms with van der Waals surface area (Å²) >= 11 is 0. The molecule has 0 saturated carbocycles. The van der Waals surface area contributed by atoms with Gasteiger partial charge in [-0.1, -0.05) is 0 Å². The van der Waals surface area contributed by atoms with Gasteiger partial charge in [0.25, 0.3) is 0 Å². The van der Waals surface area contributed by atoms with E-state index in [4.69, 9.17) is 9.15 Å². The van der Waals surface area contributed by atoms with E-state index in [1.165, 1.54) is 6.92 Å². The Morgan fingerprint density at radius 3 is 2.67 bits per heavy atom. The highest BCUT2D eigenvalue weighted by atomic mass is 16.5. The summed E-state index contributed by atoms with van der Waals surface area (Å²) in [6, 6.07) is 0. The first-order chi connectivity index (χ1) is 5.59. The smallest absolute Gasteiger partial charge is 0.303 e. The summed E-state index contributed by atoms with van der Waals surface area (Å²) in [5, 5.41) is 0. The summed E-state index contributed by atoms with van der Waals surface area (Å²) in [5.41, 5.74) is 0.772. The van der Waals surface area contributed by atoms with Gasteiger partial charge >= 0.3 is 5.97 Å². The first-order valence-corrected chi connectivity index (χ1v) is 3.66.